The first-order chi connectivity index (χ1) is 20.6. The Morgan fingerprint density at radius 1 is 1.07 bits per heavy atom. The van der Waals surface area contributed by atoms with Crippen LogP contribution in [-0.2, 0) is 21.1 Å². The molecule has 2 aliphatic heterocycles. The SMILES string of the molecule is C[C@@H]1CN(c2cncc(-c3ccc4cnc(CNC(=O)c5cc(F)c6c(c5)S(=O)(=O)[C@@H](F)CCO6)cc4c3)n2)C[C@H](C)O1. The molecular formula is C30H29F2N5O5S. The van der Waals surface area contributed by atoms with Gasteiger partial charge in [0.1, 0.15) is 10.7 Å². The second-order valence-electron chi connectivity index (χ2n) is 10.7. The van der Waals surface area contributed by atoms with Gasteiger partial charge in [-0.2, -0.15) is 0 Å². The van der Waals surface area contributed by atoms with Crippen molar-refractivity contribution in [2.45, 2.75) is 49.4 Å². The number of benzene rings is 2. The van der Waals surface area contributed by atoms with Crippen molar-refractivity contribution in [3.05, 3.63) is 72.1 Å². The molecule has 13 heteroatoms. The number of alkyl halides is 1. The molecule has 6 rings (SSSR count). The van der Waals surface area contributed by atoms with Crippen LogP contribution in [0.1, 0.15) is 36.3 Å². The van der Waals surface area contributed by atoms with Crippen molar-refractivity contribution in [1.29, 1.82) is 0 Å². The van der Waals surface area contributed by atoms with Crippen molar-refractivity contribution < 1.29 is 31.5 Å². The summed E-state index contributed by atoms with van der Waals surface area (Å²) in [7, 11) is -4.51. The molecule has 0 bridgehead atoms. The number of hydrogen-bond donors (Lipinski definition) is 1. The predicted octanol–water partition coefficient (Wildman–Crippen LogP) is 4.23. The number of carbonyl (C=O) groups is 1. The molecule has 3 atom stereocenters. The number of carbonyl (C=O) groups excluding carboxylic acids is 1. The van der Waals surface area contributed by atoms with Gasteiger partial charge in [-0.3, -0.25) is 14.8 Å². The lowest BCUT2D eigenvalue weighted by molar-refractivity contribution is -0.00547. The van der Waals surface area contributed by atoms with Crippen LogP contribution in [0.15, 0.2) is 59.9 Å². The highest BCUT2D eigenvalue weighted by Crippen LogP contribution is 2.35. The third-order valence-corrected chi connectivity index (χ3v) is 9.20. The summed E-state index contributed by atoms with van der Waals surface area (Å²) in [5.74, 6) is -1.60. The summed E-state index contributed by atoms with van der Waals surface area (Å²) in [6, 6.07) is 9.44. The second kappa shape index (κ2) is 11.5. The predicted molar refractivity (Wildman–Crippen MR) is 155 cm³/mol. The van der Waals surface area contributed by atoms with E-state index in [1.54, 1.807) is 18.6 Å². The number of pyridine rings is 1. The molecule has 2 aromatic heterocycles. The van der Waals surface area contributed by atoms with Gasteiger partial charge in [-0.1, -0.05) is 12.1 Å². The number of halogens is 2. The first kappa shape index (κ1) is 28.9. The van der Waals surface area contributed by atoms with E-state index in [0.717, 1.165) is 47.4 Å². The zero-order valence-electron chi connectivity index (χ0n) is 23.5. The van der Waals surface area contributed by atoms with E-state index in [2.05, 4.69) is 20.2 Å². The molecule has 43 heavy (non-hydrogen) atoms. The van der Waals surface area contributed by atoms with Gasteiger partial charge in [0.2, 0.25) is 15.3 Å². The molecule has 4 aromatic rings. The minimum Gasteiger partial charge on any atom is -0.489 e. The fourth-order valence-corrected chi connectivity index (χ4v) is 6.71. The molecule has 0 saturated carbocycles. The van der Waals surface area contributed by atoms with Gasteiger partial charge >= 0.3 is 0 Å². The lowest BCUT2D eigenvalue weighted by Gasteiger charge is -2.35. The van der Waals surface area contributed by atoms with E-state index >= 15 is 0 Å². The van der Waals surface area contributed by atoms with E-state index < -0.39 is 44.1 Å². The van der Waals surface area contributed by atoms with Gasteiger partial charge in [-0.15, -0.1) is 0 Å². The zero-order chi connectivity index (χ0) is 30.3. The summed E-state index contributed by atoms with van der Waals surface area (Å²) >= 11 is 0. The highest BCUT2D eigenvalue weighted by atomic mass is 32.2. The van der Waals surface area contributed by atoms with Crippen LogP contribution in [0.3, 0.4) is 0 Å². The Morgan fingerprint density at radius 3 is 2.65 bits per heavy atom. The van der Waals surface area contributed by atoms with E-state index in [-0.39, 0.29) is 30.9 Å². The summed E-state index contributed by atoms with van der Waals surface area (Å²) in [6.45, 7) is 5.19. The van der Waals surface area contributed by atoms with E-state index in [1.165, 1.54) is 0 Å². The van der Waals surface area contributed by atoms with Crippen LogP contribution in [0.2, 0.25) is 0 Å². The minimum absolute atomic E-state index is 0.0185. The smallest absolute Gasteiger partial charge is 0.251 e. The fourth-order valence-electron chi connectivity index (χ4n) is 5.32. The van der Waals surface area contributed by atoms with E-state index in [4.69, 9.17) is 14.5 Å². The molecule has 0 unspecified atom stereocenters. The summed E-state index contributed by atoms with van der Waals surface area (Å²) in [5.41, 5.74) is -0.449. The topological polar surface area (TPSA) is 124 Å². The summed E-state index contributed by atoms with van der Waals surface area (Å²) in [5, 5.41) is 4.36. The van der Waals surface area contributed by atoms with Gasteiger partial charge in [0.05, 0.1) is 49.1 Å². The number of amides is 1. The van der Waals surface area contributed by atoms with Gasteiger partial charge in [-0.25, -0.2) is 22.2 Å². The van der Waals surface area contributed by atoms with Crippen LogP contribution in [0.4, 0.5) is 14.6 Å². The summed E-state index contributed by atoms with van der Waals surface area (Å²) < 4.78 is 64.9. The van der Waals surface area contributed by atoms with Crippen LogP contribution in [0, 0.1) is 5.82 Å². The molecule has 1 fully saturated rings. The normalized spacial score (nSPS) is 21.5. The second-order valence-corrected chi connectivity index (χ2v) is 12.8. The van der Waals surface area contributed by atoms with Gasteiger partial charge in [0, 0.05) is 42.2 Å². The van der Waals surface area contributed by atoms with Crippen molar-refractivity contribution in [3.8, 4) is 17.0 Å². The number of fused-ring (bicyclic) bond motifs is 2. The molecule has 0 radical (unpaired) electrons. The van der Waals surface area contributed by atoms with E-state index in [9.17, 15) is 22.0 Å². The van der Waals surface area contributed by atoms with Crippen molar-refractivity contribution in [2.24, 2.45) is 0 Å². The average molecular weight is 610 g/mol. The van der Waals surface area contributed by atoms with Gasteiger partial charge in [0.25, 0.3) is 5.91 Å². The minimum atomic E-state index is -4.51. The van der Waals surface area contributed by atoms with Gasteiger partial charge in [0.15, 0.2) is 11.6 Å². The van der Waals surface area contributed by atoms with Crippen LogP contribution in [-0.4, -0.2) is 66.7 Å². The number of morpholine rings is 1. The Hall–Kier alpha value is -4.23. The van der Waals surface area contributed by atoms with Gasteiger partial charge < -0.3 is 19.7 Å². The van der Waals surface area contributed by atoms with Crippen LogP contribution in [0.25, 0.3) is 22.0 Å². The Kier molecular flexibility index (Phi) is 7.69. The molecule has 1 N–H and O–H groups in total. The molecule has 10 nitrogen and oxygen atoms in total. The first-order valence-electron chi connectivity index (χ1n) is 13.8. The Bertz CT molecular complexity index is 1810. The Morgan fingerprint density at radius 2 is 1.86 bits per heavy atom. The Balaban J connectivity index is 1.21. The maximum absolute atomic E-state index is 14.7. The standard InChI is InChI=1S/C30H29F2N5O5S/c1-17-15-37(16-18(2)42-17)28-14-33-13-25(36-28)19-3-4-20-11-34-23(8-21(20)7-19)12-35-30(38)22-9-24(31)29-26(10-22)43(39,40)27(32)5-6-41-29/h3-4,7-11,13-14,17-18,27H,5-6,12,15-16H2,1-2H3,(H,35,38)/t17-,18+,27-/m1/s1. The van der Waals surface area contributed by atoms with Crippen molar-refractivity contribution in [2.75, 3.05) is 24.6 Å². The molecule has 0 spiro atoms. The molecule has 4 heterocycles. The lowest BCUT2D eigenvalue weighted by atomic mass is 10.1. The number of ether oxygens (including phenoxy) is 2. The number of rotatable bonds is 5. The maximum Gasteiger partial charge on any atom is 0.251 e. The van der Waals surface area contributed by atoms with Crippen molar-refractivity contribution in [3.63, 3.8) is 0 Å². The number of sulfone groups is 1. The molecular weight excluding hydrogens is 580 g/mol. The zero-order valence-corrected chi connectivity index (χ0v) is 24.3. The lowest BCUT2D eigenvalue weighted by Crippen LogP contribution is -2.45. The third kappa shape index (κ3) is 5.87. The highest BCUT2D eigenvalue weighted by molar-refractivity contribution is 7.92. The van der Waals surface area contributed by atoms with Crippen LogP contribution < -0.4 is 15.0 Å². The molecule has 1 amide bonds. The molecule has 224 valence electrons. The van der Waals surface area contributed by atoms with Crippen LogP contribution in [0.5, 0.6) is 5.75 Å². The number of aromatic nitrogens is 3. The fraction of sp³-hybridized carbons (Fsp3) is 0.333. The number of anilines is 1. The van der Waals surface area contributed by atoms with Gasteiger partial charge in [-0.05, 0) is 43.5 Å². The highest BCUT2D eigenvalue weighted by Gasteiger charge is 2.35. The number of nitrogens with zero attached hydrogens (tertiary/aromatic N) is 4. The summed E-state index contributed by atoms with van der Waals surface area (Å²) in [4.78, 5) is 28.0. The largest absolute Gasteiger partial charge is 0.489 e. The molecule has 2 aromatic carbocycles. The Labute approximate surface area is 247 Å². The van der Waals surface area contributed by atoms with Crippen molar-refractivity contribution >= 4 is 32.3 Å². The van der Waals surface area contributed by atoms with Crippen LogP contribution >= 0.6 is 0 Å². The quantitative estimate of drug-likeness (QED) is 0.354. The molecule has 0 aliphatic carbocycles. The van der Waals surface area contributed by atoms with E-state index in [0.29, 0.717) is 11.4 Å². The molecule has 2 aliphatic rings. The summed E-state index contributed by atoms with van der Waals surface area (Å²) in [6.07, 6.45) is 4.86. The van der Waals surface area contributed by atoms with Crippen molar-refractivity contribution in [1.82, 2.24) is 20.3 Å². The number of hydrogen-bond acceptors (Lipinski definition) is 9. The maximum atomic E-state index is 14.7. The average Bonchev–Trinajstić information content (AvgIpc) is 3.10. The first-order valence-corrected chi connectivity index (χ1v) is 15.4. The number of nitrogens with one attached hydrogen (secondary N) is 1. The third-order valence-electron chi connectivity index (χ3n) is 7.38. The molecule has 1 saturated heterocycles. The monoisotopic (exact) mass is 609 g/mol. The van der Waals surface area contributed by atoms with E-state index in [1.807, 2.05) is 38.1 Å².